The second kappa shape index (κ2) is 3.73. The van der Waals surface area contributed by atoms with Crippen molar-refractivity contribution in [2.45, 2.75) is 32.2 Å². The van der Waals surface area contributed by atoms with Gasteiger partial charge in [0.05, 0.1) is 6.20 Å². The average Bonchev–Trinajstić information content (AvgIpc) is 2.85. The van der Waals surface area contributed by atoms with Crippen LogP contribution in [0.25, 0.3) is 11.2 Å². The Hall–Kier alpha value is -1.65. The fourth-order valence-electron chi connectivity index (χ4n) is 2.37. The summed E-state index contributed by atoms with van der Waals surface area (Å²) < 4.78 is 0. The van der Waals surface area contributed by atoms with E-state index in [-0.39, 0.29) is 0 Å². The largest absolute Gasteiger partial charge is 0.353 e. The number of aromatic nitrogens is 4. The number of imidazole rings is 1. The van der Waals surface area contributed by atoms with Crippen molar-refractivity contribution < 1.29 is 0 Å². The molecular formula is C11H15N5. The number of hydrogen-bond acceptors (Lipinski definition) is 4. The van der Waals surface area contributed by atoms with Crippen molar-refractivity contribution in [1.29, 1.82) is 0 Å². The van der Waals surface area contributed by atoms with E-state index in [0.29, 0.717) is 6.04 Å². The van der Waals surface area contributed by atoms with Gasteiger partial charge in [-0.15, -0.1) is 0 Å². The topological polar surface area (TPSA) is 66.5 Å². The number of aromatic amines is 1. The molecule has 1 saturated carbocycles. The molecule has 2 atom stereocenters. The lowest BCUT2D eigenvalue weighted by molar-refractivity contribution is 0.554. The van der Waals surface area contributed by atoms with Crippen LogP contribution in [0, 0.1) is 5.92 Å². The Morgan fingerprint density at radius 3 is 3.12 bits per heavy atom. The van der Waals surface area contributed by atoms with Gasteiger partial charge in [-0.3, -0.25) is 0 Å². The van der Waals surface area contributed by atoms with Crippen molar-refractivity contribution in [1.82, 2.24) is 19.9 Å². The summed E-state index contributed by atoms with van der Waals surface area (Å²) in [7, 11) is 0. The number of rotatable bonds is 2. The van der Waals surface area contributed by atoms with Crippen molar-refractivity contribution in [3.63, 3.8) is 0 Å². The summed E-state index contributed by atoms with van der Waals surface area (Å²) in [4.78, 5) is 15.7. The molecule has 0 spiro atoms. The SMILES string of the molecule is CC1CCCC1Nc1nc2ncncc2[nH]1. The lowest BCUT2D eigenvalue weighted by Gasteiger charge is -2.15. The van der Waals surface area contributed by atoms with Crippen LogP contribution >= 0.6 is 0 Å². The lowest BCUT2D eigenvalue weighted by atomic mass is 10.1. The van der Waals surface area contributed by atoms with Crippen molar-refractivity contribution in [2.75, 3.05) is 5.32 Å². The molecule has 16 heavy (non-hydrogen) atoms. The first kappa shape index (κ1) is 9.57. The summed E-state index contributed by atoms with van der Waals surface area (Å²) in [5, 5.41) is 3.45. The summed E-state index contributed by atoms with van der Waals surface area (Å²) in [6.45, 7) is 2.28. The van der Waals surface area contributed by atoms with Crippen molar-refractivity contribution in [3.8, 4) is 0 Å². The molecule has 0 saturated heterocycles. The van der Waals surface area contributed by atoms with E-state index in [1.54, 1.807) is 6.20 Å². The molecule has 0 amide bonds. The van der Waals surface area contributed by atoms with Gasteiger partial charge >= 0.3 is 0 Å². The Balaban J connectivity index is 1.83. The number of hydrogen-bond donors (Lipinski definition) is 2. The number of anilines is 1. The maximum Gasteiger partial charge on any atom is 0.202 e. The van der Waals surface area contributed by atoms with Crippen LogP contribution in [0.1, 0.15) is 26.2 Å². The zero-order valence-corrected chi connectivity index (χ0v) is 9.27. The van der Waals surface area contributed by atoms with E-state index in [1.807, 2.05) is 0 Å². The van der Waals surface area contributed by atoms with E-state index in [0.717, 1.165) is 23.0 Å². The molecule has 84 valence electrons. The minimum absolute atomic E-state index is 0.536. The van der Waals surface area contributed by atoms with Crippen LogP contribution in [0.15, 0.2) is 12.5 Å². The summed E-state index contributed by atoms with van der Waals surface area (Å²) in [6, 6.07) is 0.536. The van der Waals surface area contributed by atoms with Gasteiger partial charge in [0, 0.05) is 6.04 Å². The van der Waals surface area contributed by atoms with Gasteiger partial charge in [-0.25, -0.2) is 9.97 Å². The molecule has 2 aromatic rings. The highest BCUT2D eigenvalue weighted by atomic mass is 15.2. The minimum Gasteiger partial charge on any atom is -0.353 e. The maximum atomic E-state index is 4.39. The van der Waals surface area contributed by atoms with Crippen LogP contribution in [0.4, 0.5) is 5.95 Å². The number of fused-ring (bicyclic) bond motifs is 1. The molecule has 0 aromatic carbocycles. The highest BCUT2D eigenvalue weighted by molar-refractivity contribution is 5.71. The minimum atomic E-state index is 0.536. The fraction of sp³-hybridized carbons (Fsp3) is 0.545. The molecule has 5 heteroatoms. The van der Waals surface area contributed by atoms with E-state index >= 15 is 0 Å². The van der Waals surface area contributed by atoms with Crippen LogP contribution in [-0.2, 0) is 0 Å². The molecule has 1 aliphatic rings. The summed E-state index contributed by atoms with van der Waals surface area (Å²) in [6.07, 6.45) is 7.10. The van der Waals surface area contributed by atoms with E-state index in [2.05, 4.69) is 32.2 Å². The molecule has 5 nitrogen and oxygen atoms in total. The van der Waals surface area contributed by atoms with Crippen molar-refractivity contribution >= 4 is 17.1 Å². The molecule has 2 aromatic heterocycles. The molecule has 0 radical (unpaired) electrons. The first-order valence-electron chi connectivity index (χ1n) is 5.75. The Morgan fingerprint density at radius 1 is 1.44 bits per heavy atom. The lowest BCUT2D eigenvalue weighted by Crippen LogP contribution is -2.22. The zero-order valence-electron chi connectivity index (χ0n) is 9.27. The van der Waals surface area contributed by atoms with Crippen molar-refractivity contribution in [3.05, 3.63) is 12.5 Å². The normalized spacial score (nSPS) is 25.1. The van der Waals surface area contributed by atoms with Gasteiger partial charge in [0.1, 0.15) is 11.8 Å². The van der Waals surface area contributed by atoms with Crippen LogP contribution in [0.3, 0.4) is 0 Å². The number of H-pyrrole nitrogens is 1. The van der Waals surface area contributed by atoms with Crippen molar-refractivity contribution in [2.24, 2.45) is 5.92 Å². The van der Waals surface area contributed by atoms with Gasteiger partial charge in [-0.1, -0.05) is 13.3 Å². The Labute approximate surface area is 93.7 Å². The smallest absolute Gasteiger partial charge is 0.202 e. The molecule has 2 unspecified atom stereocenters. The molecular weight excluding hydrogens is 202 g/mol. The van der Waals surface area contributed by atoms with Gasteiger partial charge in [0.2, 0.25) is 5.95 Å². The van der Waals surface area contributed by atoms with Gasteiger partial charge in [-0.2, -0.15) is 4.98 Å². The fourth-order valence-corrected chi connectivity index (χ4v) is 2.37. The Bertz CT molecular complexity index is 459. The van der Waals surface area contributed by atoms with Gasteiger partial charge in [0.15, 0.2) is 5.65 Å². The third kappa shape index (κ3) is 1.62. The predicted octanol–water partition coefficient (Wildman–Crippen LogP) is 1.95. The summed E-state index contributed by atoms with van der Waals surface area (Å²) >= 11 is 0. The molecule has 0 bridgehead atoms. The first-order valence-corrected chi connectivity index (χ1v) is 5.75. The summed E-state index contributed by atoms with van der Waals surface area (Å²) in [5.41, 5.74) is 1.61. The average molecular weight is 217 g/mol. The quantitative estimate of drug-likeness (QED) is 0.807. The highest BCUT2D eigenvalue weighted by Gasteiger charge is 2.23. The molecule has 3 rings (SSSR count). The summed E-state index contributed by atoms with van der Waals surface area (Å²) in [5.74, 6) is 1.54. The predicted molar refractivity (Wildman–Crippen MR) is 62.1 cm³/mol. The van der Waals surface area contributed by atoms with Crippen LogP contribution in [0.2, 0.25) is 0 Å². The maximum absolute atomic E-state index is 4.39. The number of nitrogens with one attached hydrogen (secondary N) is 2. The van der Waals surface area contributed by atoms with Crippen LogP contribution < -0.4 is 5.32 Å². The van der Waals surface area contributed by atoms with Gasteiger partial charge in [0.25, 0.3) is 0 Å². The van der Waals surface area contributed by atoms with E-state index in [1.165, 1.54) is 25.6 Å². The molecule has 1 aliphatic carbocycles. The monoisotopic (exact) mass is 217 g/mol. The second-order valence-corrected chi connectivity index (χ2v) is 4.50. The molecule has 0 aliphatic heterocycles. The third-order valence-electron chi connectivity index (χ3n) is 3.35. The molecule has 2 heterocycles. The van der Waals surface area contributed by atoms with Crippen LogP contribution in [-0.4, -0.2) is 26.0 Å². The highest BCUT2D eigenvalue weighted by Crippen LogP contribution is 2.27. The first-order chi connectivity index (χ1) is 7.83. The second-order valence-electron chi connectivity index (χ2n) is 4.50. The van der Waals surface area contributed by atoms with E-state index in [4.69, 9.17) is 0 Å². The van der Waals surface area contributed by atoms with E-state index < -0.39 is 0 Å². The third-order valence-corrected chi connectivity index (χ3v) is 3.35. The van der Waals surface area contributed by atoms with Crippen LogP contribution in [0.5, 0.6) is 0 Å². The Kier molecular flexibility index (Phi) is 2.23. The van der Waals surface area contributed by atoms with E-state index in [9.17, 15) is 0 Å². The van der Waals surface area contributed by atoms with Gasteiger partial charge < -0.3 is 10.3 Å². The standard InChI is InChI=1S/C11H15N5/c1-7-3-2-4-8(7)14-11-15-9-5-12-6-13-10(9)16-11/h5-8H,2-4H2,1H3,(H2,12,13,14,15,16). The molecule has 1 fully saturated rings. The number of nitrogens with zero attached hydrogens (tertiary/aromatic N) is 3. The Morgan fingerprint density at radius 2 is 2.38 bits per heavy atom. The molecule has 2 N–H and O–H groups in total. The van der Waals surface area contributed by atoms with Gasteiger partial charge in [-0.05, 0) is 18.8 Å². The zero-order chi connectivity index (χ0) is 11.0.